The highest BCUT2D eigenvalue weighted by Gasteiger charge is 2.26. The first kappa shape index (κ1) is 14.5. The molecule has 0 fully saturated rings. The van der Waals surface area contributed by atoms with Crippen LogP contribution in [0.1, 0.15) is 6.92 Å². The number of alkyl halides is 2. The van der Waals surface area contributed by atoms with Crippen LogP contribution in [0.4, 0.5) is 14.5 Å². The van der Waals surface area contributed by atoms with E-state index in [1.54, 1.807) is 0 Å². The molecule has 8 heteroatoms. The van der Waals surface area contributed by atoms with E-state index in [4.69, 9.17) is 5.73 Å². The Morgan fingerprint density at radius 3 is 2.17 bits per heavy atom. The van der Waals surface area contributed by atoms with E-state index in [2.05, 4.69) is 5.32 Å². The summed E-state index contributed by atoms with van der Waals surface area (Å²) < 4.78 is 46.7. The highest BCUT2D eigenvalue weighted by molar-refractivity contribution is 7.91. The van der Waals surface area contributed by atoms with Crippen molar-refractivity contribution >= 4 is 21.4 Å². The van der Waals surface area contributed by atoms with Crippen LogP contribution in [0.2, 0.25) is 0 Å². The van der Waals surface area contributed by atoms with E-state index in [9.17, 15) is 22.0 Å². The molecule has 0 bridgehead atoms. The number of hydrogen-bond acceptors (Lipinski definition) is 4. The minimum absolute atomic E-state index is 0.283. The van der Waals surface area contributed by atoms with Crippen LogP contribution in [0, 0.1) is 0 Å². The fourth-order valence-corrected chi connectivity index (χ4v) is 1.81. The van der Waals surface area contributed by atoms with Gasteiger partial charge in [-0.25, -0.2) is 8.42 Å². The molecule has 100 valence electrons. The third kappa shape index (κ3) is 3.23. The monoisotopic (exact) mass is 278 g/mol. The Morgan fingerprint density at radius 1 is 1.28 bits per heavy atom. The Hall–Kier alpha value is -1.54. The smallest absolute Gasteiger partial charge is 0.325 e. The van der Waals surface area contributed by atoms with Gasteiger partial charge in [0, 0.05) is 5.69 Å². The van der Waals surface area contributed by atoms with Crippen molar-refractivity contribution in [3.8, 4) is 0 Å². The molecular weight excluding hydrogens is 266 g/mol. The van der Waals surface area contributed by atoms with Gasteiger partial charge in [0.25, 0.3) is 0 Å². The van der Waals surface area contributed by atoms with Crippen molar-refractivity contribution in [2.24, 2.45) is 5.73 Å². The van der Waals surface area contributed by atoms with Crippen molar-refractivity contribution in [1.82, 2.24) is 0 Å². The summed E-state index contributed by atoms with van der Waals surface area (Å²) in [5, 5.41) is 2.40. The Morgan fingerprint density at radius 2 is 1.78 bits per heavy atom. The molecule has 18 heavy (non-hydrogen) atoms. The average Bonchev–Trinajstić information content (AvgIpc) is 2.29. The topological polar surface area (TPSA) is 89.3 Å². The largest absolute Gasteiger partial charge is 0.341 e. The Bertz CT molecular complexity index is 527. The molecule has 0 aromatic heterocycles. The van der Waals surface area contributed by atoms with Gasteiger partial charge in [0.05, 0.1) is 10.9 Å². The first-order chi connectivity index (χ1) is 8.25. The van der Waals surface area contributed by atoms with Crippen LogP contribution >= 0.6 is 0 Å². The number of anilines is 1. The number of benzene rings is 1. The molecule has 0 saturated heterocycles. The van der Waals surface area contributed by atoms with E-state index in [-0.39, 0.29) is 5.69 Å². The van der Waals surface area contributed by atoms with Crippen LogP contribution in [0.15, 0.2) is 29.2 Å². The maximum absolute atomic E-state index is 12.2. The van der Waals surface area contributed by atoms with E-state index in [0.29, 0.717) is 0 Å². The third-order valence-corrected chi connectivity index (χ3v) is 3.50. The number of carbonyl (C=O) groups excluding carboxylic acids is 1. The zero-order chi connectivity index (χ0) is 13.9. The van der Waals surface area contributed by atoms with Crippen molar-refractivity contribution in [2.75, 3.05) is 5.32 Å². The van der Waals surface area contributed by atoms with Gasteiger partial charge in [0.1, 0.15) is 0 Å². The average molecular weight is 278 g/mol. The fraction of sp³-hybridized carbons (Fsp3) is 0.300. The second-order valence-electron chi connectivity index (χ2n) is 3.61. The minimum Gasteiger partial charge on any atom is -0.325 e. The molecular formula is C10H12F2N2O3S. The highest BCUT2D eigenvalue weighted by Crippen LogP contribution is 2.20. The summed E-state index contributed by atoms with van der Waals surface area (Å²) >= 11 is 0. The van der Waals surface area contributed by atoms with Gasteiger partial charge in [-0.1, -0.05) is 0 Å². The van der Waals surface area contributed by atoms with E-state index in [1.165, 1.54) is 19.1 Å². The minimum atomic E-state index is -4.61. The molecule has 1 atom stereocenters. The highest BCUT2D eigenvalue weighted by atomic mass is 32.2. The lowest BCUT2D eigenvalue weighted by Gasteiger charge is -2.08. The number of rotatable bonds is 4. The van der Waals surface area contributed by atoms with Crippen LogP contribution in [0.5, 0.6) is 0 Å². The molecule has 1 rings (SSSR count). The lowest BCUT2D eigenvalue weighted by Crippen LogP contribution is -2.32. The van der Waals surface area contributed by atoms with Gasteiger partial charge >= 0.3 is 5.76 Å². The summed E-state index contributed by atoms with van der Waals surface area (Å²) in [5.41, 5.74) is 5.60. The van der Waals surface area contributed by atoms with Gasteiger partial charge < -0.3 is 11.1 Å². The van der Waals surface area contributed by atoms with Crippen molar-refractivity contribution in [3.05, 3.63) is 24.3 Å². The summed E-state index contributed by atoms with van der Waals surface area (Å²) in [6.45, 7) is 1.48. The van der Waals surface area contributed by atoms with Crippen LogP contribution in [-0.2, 0) is 14.6 Å². The number of carbonyl (C=O) groups is 1. The first-order valence-electron chi connectivity index (χ1n) is 4.93. The molecule has 3 N–H and O–H groups in total. The number of amides is 1. The molecule has 0 saturated carbocycles. The van der Waals surface area contributed by atoms with Gasteiger partial charge in [0.2, 0.25) is 15.7 Å². The molecule has 1 aromatic rings. The van der Waals surface area contributed by atoms with Gasteiger partial charge in [-0.3, -0.25) is 4.79 Å². The zero-order valence-corrected chi connectivity index (χ0v) is 10.2. The second-order valence-corrected chi connectivity index (χ2v) is 5.53. The first-order valence-corrected chi connectivity index (χ1v) is 6.48. The number of nitrogens with two attached hydrogens (primary N) is 1. The second kappa shape index (κ2) is 5.40. The molecule has 0 heterocycles. The van der Waals surface area contributed by atoms with Crippen molar-refractivity contribution < 1.29 is 22.0 Å². The molecule has 1 amide bonds. The standard InChI is InChI=1S/C10H12F2N2O3S/c1-6(13)9(15)14-7-2-4-8(5-3-7)18(16,17)10(11)12/h2-6,10H,13H2,1H3,(H,14,15). The van der Waals surface area contributed by atoms with Gasteiger partial charge in [-0.15, -0.1) is 0 Å². The normalized spacial score (nSPS) is 13.4. The van der Waals surface area contributed by atoms with Gasteiger partial charge in [0.15, 0.2) is 0 Å². The summed E-state index contributed by atoms with van der Waals surface area (Å²) in [4.78, 5) is 10.7. The molecule has 1 unspecified atom stereocenters. The van der Waals surface area contributed by atoms with E-state index in [0.717, 1.165) is 12.1 Å². The van der Waals surface area contributed by atoms with Crippen LogP contribution in [-0.4, -0.2) is 26.1 Å². The lowest BCUT2D eigenvalue weighted by molar-refractivity contribution is -0.117. The predicted octanol–water partition coefficient (Wildman–Crippen LogP) is 0.969. The predicted molar refractivity (Wildman–Crippen MR) is 61.9 cm³/mol. The Kier molecular flexibility index (Phi) is 4.36. The third-order valence-electron chi connectivity index (χ3n) is 2.10. The maximum atomic E-state index is 12.2. The fourth-order valence-electron chi connectivity index (χ4n) is 1.09. The molecule has 5 nitrogen and oxygen atoms in total. The molecule has 0 aliphatic heterocycles. The van der Waals surface area contributed by atoms with E-state index >= 15 is 0 Å². The summed E-state index contributed by atoms with van der Waals surface area (Å²) in [7, 11) is -4.61. The van der Waals surface area contributed by atoms with Crippen molar-refractivity contribution in [2.45, 2.75) is 23.6 Å². The number of nitrogens with one attached hydrogen (secondary N) is 1. The van der Waals surface area contributed by atoms with Gasteiger partial charge in [-0.05, 0) is 31.2 Å². The van der Waals surface area contributed by atoms with Crippen molar-refractivity contribution in [1.29, 1.82) is 0 Å². The molecule has 0 aliphatic rings. The summed E-state index contributed by atoms with van der Waals surface area (Å²) in [6, 6.07) is 3.70. The van der Waals surface area contributed by atoms with Crippen LogP contribution < -0.4 is 11.1 Å². The number of sulfone groups is 1. The Labute approximate surface area is 103 Å². The number of hydrogen-bond donors (Lipinski definition) is 2. The zero-order valence-electron chi connectivity index (χ0n) is 9.43. The quantitative estimate of drug-likeness (QED) is 0.858. The molecule has 0 aliphatic carbocycles. The summed E-state index contributed by atoms with van der Waals surface area (Å²) in [5.74, 6) is -3.93. The SMILES string of the molecule is CC(N)C(=O)Nc1ccc(S(=O)(=O)C(F)F)cc1. The van der Waals surface area contributed by atoms with Crippen LogP contribution in [0.3, 0.4) is 0 Å². The van der Waals surface area contributed by atoms with Crippen LogP contribution in [0.25, 0.3) is 0 Å². The molecule has 1 aromatic carbocycles. The Balaban J connectivity index is 2.91. The number of halogens is 2. The molecule has 0 radical (unpaired) electrons. The van der Waals surface area contributed by atoms with Gasteiger partial charge in [-0.2, -0.15) is 8.78 Å². The van der Waals surface area contributed by atoms with Crippen molar-refractivity contribution in [3.63, 3.8) is 0 Å². The maximum Gasteiger partial charge on any atom is 0.341 e. The summed E-state index contributed by atoms with van der Waals surface area (Å²) in [6.07, 6.45) is 0. The van der Waals surface area contributed by atoms with E-state index in [1.807, 2.05) is 0 Å². The lowest BCUT2D eigenvalue weighted by atomic mass is 10.3. The molecule has 0 spiro atoms. The van der Waals surface area contributed by atoms with E-state index < -0.39 is 32.4 Å².